The molecule has 0 spiro atoms. The Morgan fingerprint density at radius 2 is 2.00 bits per heavy atom. The van der Waals surface area contributed by atoms with Crippen molar-refractivity contribution in [1.29, 1.82) is 0 Å². The van der Waals surface area contributed by atoms with Crippen LogP contribution in [0.1, 0.15) is 31.8 Å². The van der Waals surface area contributed by atoms with Crippen molar-refractivity contribution >= 4 is 35.6 Å². The van der Waals surface area contributed by atoms with Gasteiger partial charge in [-0.25, -0.2) is 4.99 Å². The van der Waals surface area contributed by atoms with Gasteiger partial charge in [0.05, 0.1) is 6.54 Å². The first-order valence-corrected chi connectivity index (χ1v) is 10.1. The topological polar surface area (TPSA) is 73.0 Å². The molecule has 2 heterocycles. The van der Waals surface area contributed by atoms with E-state index in [0.717, 1.165) is 44.3 Å². The van der Waals surface area contributed by atoms with E-state index in [4.69, 9.17) is 4.42 Å². The Hall–Kier alpha value is -1.74. The summed E-state index contributed by atoms with van der Waals surface area (Å²) >= 11 is 0. The average Bonchev–Trinajstić information content (AvgIpc) is 3.34. The predicted molar refractivity (Wildman–Crippen MR) is 129 cm³/mol. The minimum Gasteiger partial charge on any atom is -0.463 e. The number of aliphatic hydroxyl groups is 1. The molecule has 0 amide bonds. The number of guanidine groups is 1. The number of furan rings is 1. The van der Waals surface area contributed by atoms with Crippen LogP contribution in [0.4, 0.5) is 5.69 Å². The molecule has 2 atom stereocenters. The van der Waals surface area contributed by atoms with Gasteiger partial charge in [-0.15, -0.1) is 24.0 Å². The molecular formula is C22H33IN4O2. The molecule has 29 heavy (non-hydrogen) atoms. The Kier molecular flexibility index (Phi) is 8.82. The van der Waals surface area contributed by atoms with Gasteiger partial charge in [-0.2, -0.15) is 0 Å². The molecule has 160 valence electrons. The van der Waals surface area contributed by atoms with Crippen molar-refractivity contribution in [3.8, 4) is 0 Å². The highest BCUT2D eigenvalue weighted by Crippen LogP contribution is 2.24. The van der Waals surface area contributed by atoms with Crippen LogP contribution in [0, 0.1) is 12.8 Å². The maximum atomic E-state index is 10.7. The third-order valence-corrected chi connectivity index (χ3v) is 5.13. The summed E-state index contributed by atoms with van der Waals surface area (Å²) in [5.41, 5.74) is 0.156. The fourth-order valence-corrected chi connectivity index (χ4v) is 3.49. The van der Waals surface area contributed by atoms with Crippen LogP contribution in [0.5, 0.6) is 0 Å². The van der Waals surface area contributed by atoms with Crippen LogP contribution in [0.15, 0.2) is 51.9 Å². The number of para-hydroxylation sites is 1. The number of benzene rings is 1. The van der Waals surface area contributed by atoms with Gasteiger partial charge in [0, 0.05) is 31.9 Å². The quantitative estimate of drug-likeness (QED) is 0.301. The van der Waals surface area contributed by atoms with Gasteiger partial charge in [-0.3, -0.25) is 0 Å². The van der Waals surface area contributed by atoms with Crippen molar-refractivity contribution < 1.29 is 9.52 Å². The van der Waals surface area contributed by atoms with E-state index < -0.39 is 5.60 Å². The van der Waals surface area contributed by atoms with E-state index in [1.807, 2.05) is 26.0 Å². The van der Waals surface area contributed by atoms with Gasteiger partial charge in [0.2, 0.25) is 0 Å². The van der Waals surface area contributed by atoms with Crippen LogP contribution in [0.25, 0.3) is 0 Å². The lowest BCUT2D eigenvalue weighted by atomic mass is 10.0. The van der Waals surface area contributed by atoms with E-state index in [1.165, 1.54) is 5.69 Å². The third kappa shape index (κ3) is 6.64. The number of nitrogens with one attached hydrogen (secondary N) is 2. The molecule has 0 bridgehead atoms. The van der Waals surface area contributed by atoms with E-state index in [-0.39, 0.29) is 30.5 Å². The first-order chi connectivity index (χ1) is 13.5. The molecular weight excluding hydrogens is 479 g/mol. The highest BCUT2D eigenvalue weighted by Gasteiger charge is 2.27. The molecule has 1 aliphatic heterocycles. The summed E-state index contributed by atoms with van der Waals surface area (Å²) < 4.78 is 5.57. The molecule has 1 aliphatic rings. The number of hydrogen-bond acceptors (Lipinski definition) is 4. The predicted octanol–water partition coefficient (Wildman–Crippen LogP) is 3.50. The van der Waals surface area contributed by atoms with Crippen LogP contribution in [-0.2, 0) is 5.60 Å². The van der Waals surface area contributed by atoms with Crippen molar-refractivity contribution in [1.82, 2.24) is 10.6 Å². The van der Waals surface area contributed by atoms with Gasteiger partial charge >= 0.3 is 0 Å². The molecule has 3 rings (SSSR count). The number of hydrogen-bond donors (Lipinski definition) is 3. The molecule has 1 aromatic carbocycles. The fourth-order valence-electron chi connectivity index (χ4n) is 3.49. The largest absolute Gasteiger partial charge is 0.463 e. The molecule has 6 nitrogen and oxygen atoms in total. The number of aliphatic imine (C=N–C) groups is 1. The summed E-state index contributed by atoms with van der Waals surface area (Å²) in [5.74, 6) is 2.62. The van der Waals surface area contributed by atoms with Crippen molar-refractivity contribution in [3.05, 3.63) is 54.0 Å². The lowest BCUT2D eigenvalue weighted by Crippen LogP contribution is -2.41. The molecule has 2 aromatic rings. The maximum absolute atomic E-state index is 10.7. The van der Waals surface area contributed by atoms with Crippen molar-refractivity contribution in [3.63, 3.8) is 0 Å². The molecule has 0 aliphatic carbocycles. The second-order valence-corrected chi connectivity index (χ2v) is 7.70. The van der Waals surface area contributed by atoms with E-state index >= 15 is 0 Å². The van der Waals surface area contributed by atoms with E-state index in [0.29, 0.717) is 11.7 Å². The Morgan fingerprint density at radius 3 is 2.66 bits per heavy atom. The maximum Gasteiger partial charge on any atom is 0.191 e. The molecule has 3 N–H and O–H groups in total. The van der Waals surface area contributed by atoms with Gasteiger partial charge in [-0.05, 0) is 57.4 Å². The van der Waals surface area contributed by atoms with E-state index in [9.17, 15) is 5.11 Å². The van der Waals surface area contributed by atoms with Crippen molar-refractivity contribution in [2.45, 2.75) is 32.8 Å². The summed E-state index contributed by atoms with van der Waals surface area (Å²) in [6, 6.07) is 14.2. The van der Waals surface area contributed by atoms with Gasteiger partial charge < -0.3 is 25.1 Å². The molecule has 7 heteroatoms. The monoisotopic (exact) mass is 512 g/mol. The Balaban J connectivity index is 0.00000300. The van der Waals surface area contributed by atoms with Gasteiger partial charge in [0.15, 0.2) is 5.96 Å². The lowest BCUT2D eigenvalue weighted by Gasteiger charge is -2.21. The van der Waals surface area contributed by atoms with Crippen LogP contribution in [0.2, 0.25) is 0 Å². The molecule has 1 aromatic heterocycles. The molecule has 2 unspecified atom stereocenters. The Bertz CT molecular complexity index is 776. The van der Waals surface area contributed by atoms with Crippen LogP contribution < -0.4 is 15.5 Å². The Morgan fingerprint density at radius 1 is 1.24 bits per heavy atom. The third-order valence-electron chi connectivity index (χ3n) is 5.13. The second-order valence-electron chi connectivity index (χ2n) is 7.70. The number of halogens is 1. The minimum absolute atomic E-state index is 0. The summed E-state index contributed by atoms with van der Waals surface area (Å²) in [6.07, 6.45) is 1.16. The zero-order chi connectivity index (χ0) is 20.0. The first kappa shape index (κ1) is 23.5. The van der Waals surface area contributed by atoms with Crippen molar-refractivity contribution in [2.24, 2.45) is 10.9 Å². The molecule has 1 fully saturated rings. The second kappa shape index (κ2) is 10.9. The average molecular weight is 512 g/mol. The SMILES string of the molecule is CCNC(=NCC(C)(O)c1ccc(C)o1)NCC1CCN(c2ccccc2)C1.I. The minimum atomic E-state index is -1.13. The summed E-state index contributed by atoms with van der Waals surface area (Å²) in [4.78, 5) is 7.01. The first-order valence-electron chi connectivity index (χ1n) is 10.1. The molecule has 0 radical (unpaired) electrons. The normalized spacial score (nSPS) is 18.8. The van der Waals surface area contributed by atoms with Crippen LogP contribution >= 0.6 is 24.0 Å². The zero-order valence-corrected chi connectivity index (χ0v) is 19.8. The molecule has 1 saturated heterocycles. The number of nitrogens with zero attached hydrogens (tertiary/aromatic N) is 2. The van der Waals surface area contributed by atoms with Crippen LogP contribution in [-0.4, -0.2) is 43.8 Å². The number of aryl methyl sites for hydroxylation is 1. The fraction of sp³-hybridized carbons (Fsp3) is 0.500. The van der Waals surface area contributed by atoms with Crippen molar-refractivity contribution in [2.75, 3.05) is 37.6 Å². The number of anilines is 1. The van der Waals surface area contributed by atoms with Crippen LogP contribution in [0.3, 0.4) is 0 Å². The zero-order valence-electron chi connectivity index (χ0n) is 17.5. The van der Waals surface area contributed by atoms with E-state index in [2.05, 4.69) is 50.9 Å². The van der Waals surface area contributed by atoms with Gasteiger partial charge in [-0.1, -0.05) is 18.2 Å². The smallest absolute Gasteiger partial charge is 0.191 e. The Labute approximate surface area is 190 Å². The van der Waals surface area contributed by atoms with Gasteiger partial charge in [0.1, 0.15) is 17.1 Å². The molecule has 0 saturated carbocycles. The highest BCUT2D eigenvalue weighted by atomic mass is 127. The summed E-state index contributed by atoms with van der Waals surface area (Å²) in [6.45, 7) is 9.62. The summed E-state index contributed by atoms with van der Waals surface area (Å²) in [7, 11) is 0. The highest BCUT2D eigenvalue weighted by molar-refractivity contribution is 14.0. The number of rotatable bonds is 7. The van der Waals surface area contributed by atoms with E-state index in [1.54, 1.807) is 6.92 Å². The lowest BCUT2D eigenvalue weighted by molar-refractivity contribution is 0.0428. The standard InChI is InChI=1S/C22H32N4O2.HI/c1-4-23-21(25-16-22(3,27)20-11-10-17(2)28-20)24-14-18-12-13-26(15-18)19-8-6-5-7-9-19;/h5-11,18,27H,4,12-16H2,1-3H3,(H2,23,24,25);1H. The van der Waals surface area contributed by atoms with Gasteiger partial charge in [0.25, 0.3) is 0 Å². The summed E-state index contributed by atoms with van der Waals surface area (Å²) in [5, 5.41) is 17.4.